The number of alkyl halides is 3. The number of nitrogens with one attached hydrogen (secondary N) is 1. The van der Waals surface area contributed by atoms with Crippen molar-refractivity contribution in [3.63, 3.8) is 0 Å². The highest BCUT2D eigenvalue weighted by Crippen LogP contribution is 2.27. The number of amides is 1. The van der Waals surface area contributed by atoms with E-state index in [0.29, 0.717) is 25.7 Å². The van der Waals surface area contributed by atoms with E-state index >= 15 is 0 Å². The Bertz CT molecular complexity index is 693. The molecule has 0 aromatic heterocycles. The lowest BCUT2D eigenvalue weighted by Crippen LogP contribution is -2.44. The van der Waals surface area contributed by atoms with E-state index in [0.717, 1.165) is 5.56 Å². The van der Waals surface area contributed by atoms with E-state index in [1.54, 1.807) is 12.1 Å². The maximum Gasteiger partial charge on any atom is 0.471 e. The summed E-state index contributed by atoms with van der Waals surface area (Å²) in [6.07, 6.45) is -3.18. The minimum atomic E-state index is -4.89. The van der Waals surface area contributed by atoms with Crippen molar-refractivity contribution in [2.45, 2.75) is 49.7 Å². The fourth-order valence-electron chi connectivity index (χ4n) is 2.70. The second-order valence-corrected chi connectivity index (χ2v) is 7.86. The molecule has 140 valence electrons. The van der Waals surface area contributed by atoms with Gasteiger partial charge in [-0.1, -0.05) is 17.7 Å². The molecule has 1 aromatic rings. The lowest BCUT2D eigenvalue weighted by atomic mass is 9.86. The fourth-order valence-corrected chi connectivity index (χ4v) is 3.68. The van der Waals surface area contributed by atoms with E-state index in [1.165, 1.54) is 12.1 Å². The van der Waals surface area contributed by atoms with Gasteiger partial charge in [-0.25, -0.2) is 0 Å². The van der Waals surface area contributed by atoms with Crippen molar-refractivity contribution in [3.8, 4) is 0 Å². The maximum absolute atomic E-state index is 12.2. The summed E-state index contributed by atoms with van der Waals surface area (Å²) in [6.45, 7) is 1.82. The van der Waals surface area contributed by atoms with Gasteiger partial charge in [0, 0.05) is 6.04 Å². The van der Waals surface area contributed by atoms with Gasteiger partial charge in [0.1, 0.15) is 0 Å². The van der Waals surface area contributed by atoms with Gasteiger partial charge in [0.15, 0.2) is 0 Å². The van der Waals surface area contributed by atoms with Crippen LogP contribution in [0.5, 0.6) is 0 Å². The van der Waals surface area contributed by atoms with Crippen LogP contribution in [-0.2, 0) is 19.1 Å². The monoisotopic (exact) mass is 379 g/mol. The van der Waals surface area contributed by atoms with Crippen LogP contribution >= 0.6 is 0 Å². The molecule has 0 atom stereocenters. The largest absolute Gasteiger partial charge is 0.471 e. The third-order valence-corrected chi connectivity index (χ3v) is 5.50. The number of benzene rings is 1. The van der Waals surface area contributed by atoms with E-state index in [2.05, 4.69) is 0 Å². The number of carbonyl (C=O) groups excluding carboxylic acids is 1. The zero-order valence-corrected chi connectivity index (χ0v) is 14.5. The summed E-state index contributed by atoms with van der Waals surface area (Å²) in [4.78, 5) is 11.0. The van der Waals surface area contributed by atoms with Crippen LogP contribution in [0.4, 0.5) is 13.2 Å². The van der Waals surface area contributed by atoms with Crippen molar-refractivity contribution >= 4 is 16.0 Å². The van der Waals surface area contributed by atoms with Gasteiger partial charge in [0.2, 0.25) is 0 Å². The van der Waals surface area contributed by atoms with Gasteiger partial charge in [-0.3, -0.25) is 8.98 Å². The van der Waals surface area contributed by atoms with Gasteiger partial charge in [-0.2, -0.15) is 21.6 Å². The zero-order valence-electron chi connectivity index (χ0n) is 13.7. The molecule has 0 heterocycles. The number of halogens is 3. The average molecular weight is 379 g/mol. The SMILES string of the molecule is Cc1ccc(S(=O)(=O)OCC2CCC(NC(=O)C(F)(F)F)CC2)cc1. The highest BCUT2D eigenvalue weighted by atomic mass is 32.2. The van der Waals surface area contributed by atoms with Gasteiger partial charge in [0.05, 0.1) is 11.5 Å². The molecule has 0 aliphatic heterocycles. The van der Waals surface area contributed by atoms with Crippen LogP contribution in [0.3, 0.4) is 0 Å². The van der Waals surface area contributed by atoms with Crippen molar-refractivity contribution in [1.29, 1.82) is 0 Å². The molecule has 1 fully saturated rings. The Morgan fingerprint density at radius 3 is 2.24 bits per heavy atom. The summed E-state index contributed by atoms with van der Waals surface area (Å²) in [5.41, 5.74) is 0.929. The number of hydrogen-bond acceptors (Lipinski definition) is 4. The van der Waals surface area contributed by atoms with Crippen molar-refractivity contribution in [3.05, 3.63) is 29.8 Å². The van der Waals surface area contributed by atoms with Gasteiger partial charge in [-0.15, -0.1) is 0 Å². The van der Waals surface area contributed by atoms with Gasteiger partial charge in [0.25, 0.3) is 10.1 Å². The van der Waals surface area contributed by atoms with Crippen LogP contribution < -0.4 is 5.32 Å². The molecule has 25 heavy (non-hydrogen) atoms. The summed E-state index contributed by atoms with van der Waals surface area (Å²) >= 11 is 0. The van der Waals surface area contributed by atoms with Crippen molar-refractivity contribution < 1.29 is 30.6 Å². The Labute approximate surface area is 144 Å². The van der Waals surface area contributed by atoms with E-state index in [1.807, 2.05) is 12.2 Å². The van der Waals surface area contributed by atoms with Crippen molar-refractivity contribution in [2.24, 2.45) is 5.92 Å². The number of rotatable bonds is 5. The highest BCUT2D eigenvalue weighted by Gasteiger charge is 2.40. The predicted octanol–water partition coefficient (Wildman–Crippen LogP) is 2.94. The Balaban J connectivity index is 1.80. The van der Waals surface area contributed by atoms with E-state index in [9.17, 15) is 26.4 Å². The second-order valence-electron chi connectivity index (χ2n) is 6.24. The standard InChI is InChI=1S/C16H20F3NO4S/c1-11-2-8-14(9-3-11)25(22,23)24-10-12-4-6-13(7-5-12)20-15(21)16(17,18)19/h2-3,8-9,12-13H,4-7,10H2,1H3,(H,20,21). The summed E-state index contributed by atoms with van der Waals surface area (Å²) in [7, 11) is -3.85. The van der Waals surface area contributed by atoms with Crippen molar-refractivity contribution in [1.82, 2.24) is 5.32 Å². The summed E-state index contributed by atoms with van der Waals surface area (Å²) < 4.78 is 65.9. The molecule has 0 radical (unpaired) electrons. The first-order valence-electron chi connectivity index (χ1n) is 7.92. The van der Waals surface area contributed by atoms with Gasteiger partial charge in [-0.05, 0) is 50.7 Å². The Morgan fingerprint density at radius 2 is 1.72 bits per heavy atom. The van der Waals surface area contributed by atoms with E-state index in [4.69, 9.17) is 4.18 Å². The summed E-state index contributed by atoms with van der Waals surface area (Å²) in [6, 6.07) is 5.73. The smallest absolute Gasteiger partial charge is 0.346 e. The minimum absolute atomic E-state index is 0.0177. The Hall–Kier alpha value is -1.61. The molecule has 9 heteroatoms. The molecule has 5 nitrogen and oxygen atoms in total. The minimum Gasteiger partial charge on any atom is -0.346 e. The van der Waals surface area contributed by atoms with Crippen LogP contribution in [0.1, 0.15) is 31.2 Å². The van der Waals surface area contributed by atoms with Crippen LogP contribution in [0.25, 0.3) is 0 Å². The van der Waals surface area contributed by atoms with Gasteiger partial charge < -0.3 is 5.32 Å². The average Bonchev–Trinajstić information content (AvgIpc) is 2.54. The third kappa shape index (κ3) is 5.71. The molecular formula is C16H20F3NO4S. The zero-order chi connectivity index (χ0) is 18.7. The van der Waals surface area contributed by atoms with Crippen molar-refractivity contribution in [2.75, 3.05) is 6.61 Å². The lowest BCUT2D eigenvalue weighted by Gasteiger charge is -2.29. The topological polar surface area (TPSA) is 72.5 Å². The molecule has 2 rings (SSSR count). The summed E-state index contributed by atoms with van der Waals surface area (Å²) in [5.74, 6) is -2.01. The van der Waals surface area contributed by atoms with Crippen LogP contribution in [0, 0.1) is 12.8 Å². The predicted molar refractivity (Wildman–Crippen MR) is 84.3 cm³/mol. The number of hydrogen-bond donors (Lipinski definition) is 1. The second kappa shape index (κ2) is 7.74. The van der Waals surface area contributed by atoms with Crippen LogP contribution in [0.15, 0.2) is 29.2 Å². The molecule has 0 bridgehead atoms. The Morgan fingerprint density at radius 1 is 1.16 bits per heavy atom. The molecule has 0 spiro atoms. The molecule has 1 aliphatic carbocycles. The first-order valence-corrected chi connectivity index (χ1v) is 9.32. The normalized spacial score (nSPS) is 21.8. The van der Waals surface area contributed by atoms with Crippen LogP contribution in [0.2, 0.25) is 0 Å². The van der Waals surface area contributed by atoms with Crippen LogP contribution in [-0.4, -0.2) is 33.1 Å². The number of aryl methyl sites for hydroxylation is 1. The van der Waals surface area contributed by atoms with E-state index in [-0.39, 0.29) is 17.4 Å². The molecule has 1 N–H and O–H groups in total. The maximum atomic E-state index is 12.2. The molecule has 0 unspecified atom stereocenters. The Kier molecular flexibility index (Phi) is 6.10. The molecular weight excluding hydrogens is 359 g/mol. The molecule has 1 saturated carbocycles. The third-order valence-electron chi connectivity index (χ3n) is 4.21. The molecule has 1 aliphatic rings. The highest BCUT2D eigenvalue weighted by molar-refractivity contribution is 7.86. The number of carbonyl (C=O) groups is 1. The molecule has 1 amide bonds. The lowest BCUT2D eigenvalue weighted by molar-refractivity contribution is -0.174. The summed E-state index contributed by atoms with van der Waals surface area (Å²) in [5, 5.41) is 1.96. The fraction of sp³-hybridized carbons (Fsp3) is 0.562. The molecule has 0 saturated heterocycles. The first kappa shape index (κ1) is 19.7. The first-order chi connectivity index (χ1) is 11.6. The van der Waals surface area contributed by atoms with E-state index < -0.39 is 28.2 Å². The quantitative estimate of drug-likeness (QED) is 0.799. The van der Waals surface area contributed by atoms with Gasteiger partial charge >= 0.3 is 12.1 Å². The molecule has 1 aromatic carbocycles.